The maximum atomic E-state index is 12.4. The number of aromatic carboxylic acids is 1. The van der Waals surface area contributed by atoms with Gasteiger partial charge >= 0.3 is 0 Å². The van der Waals surface area contributed by atoms with Crippen molar-refractivity contribution in [1.82, 2.24) is 0 Å². The first-order valence-electron chi connectivity index (χ1n) is 7.62. The molecule has 1 aliphatic rings. The Labute approximate surface area is 149 Å². The first-order valence-corrected chi connectivity index (χ1v) is 8.00. The molecule has 2 amide bonds. The van der Waals surface area contributed by atoms with E-state index in [1.165, 1.54) is 23.1 Å². The van der Waals surface area contributed by atoms with Gasteiger partial charge in [-0.05, 0) is 35.9 Å². The Kier molecular flexibility index (Phi) is 4.72. The van der Waals surface area contributed by atoms with Crippen LogP contribution in [0.4, 0.5) is 11.4 Å². The summed E-state index contributed by atoms with van der Waals surface area (Å²) in [5.74, 6) is -2.35. The number of carbonyl (C=O) groups is 3. The molecule has 0 saturated carbocycles. The van der Waals surface area contributed by atoms with Crippen molar-refractivity contribution < 1.29 is 19.5 Å². The fraction of sp³-hybridized carbons (Fsp3) is 0.167. The molecule has 0 aromatic heterocycles. The first-order chi connectivity index (χ1) is 11.9. The molecule has 6 nitrogen and oxygen atoms in total. The minimum absolute atomic E-state index is 0.0270. The van der Waals surface area contributed by atoms with Crippen LogP contribution in [-0.2, 0) is 9.59 Å². The highest BCUT2D eigenvalue weighted by Gasteiger charge is 2.35. The molecule has 0 unspecified atom stereocenters. The van der Waals surface area contributed by atoms with E-state index >= 15 is 0 Å². The third kappa shape index (κ3) is 3.80. The van der Waals surface area contributed by atoms with Crippen molar-refractivity contribution in [2.45, 2.75) is 6.42 Å². The van der Waals surface area contributed by atoms with E-state index in [9.17, 15) is 19.5 Å². The van der Waals surface area contributed by atoms with E-state index in [-0.39, 0.29) is 30.3 Å². The zero-order valence-electron chi connectivity index (χ0n) is 13.1. The smallest absolute Gasteiger partial charge is 0.229 e. The SMILES string of the molecule is O=C([O-])c1cccc(NC(=O)[C@H]2CC(=O)N(c3cccc(Cl)c3)C2)c1. The second-order valence-electron chi connectivity index (χ2n) is 5.74. The number of amides is 2. The quantitative estimate of drug-likeness (QED) is 0.901. The van der Waals surface area contributed by atoms with Crippen LogP contribution >= 0.6 is 11.6 Å². The van der Waals surface area contributed by atoms with E-state index in [1.807, 2.05) is 0 Å². The Morgan fingerprint density at radius 1 is 1.16 bits per heavy atom. The molecule has 0 spiro atoms. The lowest BCUT2D eigenvalue weighted by atomic mass is 10.1. The van der Waals surface area contributed by atoms with Crippen molar-refractivity contribution in [2.24, 2.45) is 5.92 Å². The van der Waals surface area contributed by atoms with E-state index in [4.69, 9.17) is 11.6 Å². The second kappa shape index (κ2) is 6.94. The van der Waals surface area contributed by atoms with E-state index < -0.39 is 11.9 Å². The van der Waals surface area contributed by atoms with Gasteiger partial charge in [0.1, 0.15) is 0 Å². The number of hydrogen-bond donors (Lipinski definition) is 1. The van der Waals surface area contributed by atoms with Crippen molar-refractivity contribution in [1.29, 1.82) is 0 Å². The average molecular weight is 358 g/mol. The number of nitrogens with one attached hydrogen (secondary N) is 1. The maximum absolute atomic E-state index is 12.4. The third-order valence-electron chi connectivity index (χ3n) is 3.98. The van der Waals surface area contributed by atoms with Gasteiger partial charge in [0, 0.05) is 29.4 Å². The lowest BCUT2D eigenvalue weighted by Gasteiger charge is -2.17. The number of halogens is 1. The van der Waals surface area contributed by atoms with Gasteiger partial charge in [0.2, 0.25) is 11.8 Å². The van der Waals surface area contributed by atoms with Crippen molar-refractivity contribution in [3.05, 3.63) is 59.1 Å². The van der Waals surface area contributed by atoms with Crippen molar-refractivity contribution in [3.8, 4) is 0 Å². The number of hydrogen-bond acceptors (Lipinski definition) is 4. The molecule has 25 heavy (non-hydrogen) atoms. The molecular weight excluding hydrogens is 344 g/mol. The summed E-state index contributed by atoms with van der Waals surface area (Å²) in [6, 6.07) is 12.7. The highest BCUT2D eigenvalue weighted by Crippen LogP contribution is 2.27. The summed E-state index contributed by atoms with van der Waals surface area (Å²) >= 11 is 5.95. The summed E-state index contributed by atoms with van der Waals surface area (Å²) in [5, 5.41) is 14.0. The van der Waals surface area contributed by atoms with Crippen molar-refractivity contribution in [2.75, 3.05) is 16.8 Å². The Morgan fingerprint density at radius 2 is 1.92 bits per heavy atom. The summed E-state index contributed by atoms with van der Waals surface area (Å²) < 4.78 is 0. The number of benzene rings is 2. The Morgan fingerprint density at radius 3 is 2.64 bits per heavy atom. The van der Waals surface area contributed by atoms with Gasteiger partial charge in [-0.25, -0.2) is 0 Å². The van der Waals surface area contributed by atoms with Crippen molar-refractivity contribution in [3.63, 3.8) is 0 Å². The Balaban J connectivity index is 1.71. The molecule has 7 heteroatoms. The molecule has 1 heterocycles. The highest BCUT2D eigenvalue weighted by molar-refractivity contribution is 6.31. The van der Waals surface area contributed by atoms with Gasteiger partial charge < -0.3 is 20.1 Å². The zero-order chi connectivity index (χ0) is 18.0. The number of nitrogens with zero attached hydrogens (tertiary/aromatic N) is 1. The fourth-order valence-electron chi connectivity index (χ4n) is 2.75. The number of carboxylic acid groups (broad SMARTS) is 1. The summed E-state index contributed by atoms with van der Waals surface area (Å²) in [5.41, 5.74) is 0.966. The minimum Gasteiger partial charge on any atom is -0.545 e. The van der Waals surface area contributed by atoms with Crippen molar-refractivity contribution >= 4 is 40.8 Å². The Hall–Kier alpha value is -2.86. The Bertz CT molecular complexity index is 852. The van der Waals surface area contributed by atoms with Gasteiger partial charge in [-0.2, -0.15) is 0 Å². The van der Waals surface area contributed by atoms with Gasteiger partial charge in [-0.1, -0.05) is 29.8 Å². The number of anilines is 2. The second-order valence-corrected chi connectivity index (χ2v) is 6.18. The fourth-order valence-corrected chi connectivity index (χ4v) is 2.93. The molecule has 3 rings (SSSR count). The van der Waals surface area contributed by atoms with Crippen LogP contribution < -0.4 is 15.3 Å². The van der Waals surface area contributed by atoms with Crippen LogP contribution in [-0.4, -0.2) is 24.3 Å². The summed E-state index contributed by atoms with van der Waals surface area (Å²) in [7, 11) is 0. The summed E-state index contributed by atoms with van der Waals surface area (Å²) in [6.07, 6.45) is 0.0819. The van der Waals surface area contributed by atoms with E-state index in [0.29, 0.717) is 16.4 Å². The third-order valence-corrected chi connectivity index (χ3v) is 4.22. The topological polar surface area (TPSA) is 89.5 Å². The minimum atomic E-state index is -1.32. The lowest BCUT2D eigenvalue weighted by molar-refractivity contribution is -0.255. The maximum Gasteiger partial charge on any atom is 0.229 e. The number of carbonyl (C=O) groups excluding carboxylic acids is 3. The van der Waals surface area contributed by atoms with E-state index in [0.717, 1.165) is 0 Å². The molecule has 2 aromatic rings. The average Bonchev–Trinajstić information content (AvgIpc) is 2.97. The first kappa shape index (κ1) is 17.0. The monoisotopic (exact) mass is 357 g/mol. The standard InChI is InChI=1S/C18H15ClN2O4/c19-13-4-2-6-15(9-13)21-10-12(8-16(21)22)17(23)20-14-5-1-3-11(7-14)18(24)25/h1-7,9,12H,8,10H2,(H,20,23)(H,24,25)/p-1/t12-/m0/s1. The largest absolute Gasteiger partial charge is 0.545 e. The van der Waals surface area contributed by atoms with Crippen LogP contribution in [0.5, 0.6) is 0 Å². The number of carboxylic acids is 1. The van der Waals surface area contributed by atoms with Gasteiger partial charge in [0.25, 0.3) is 0 Å². The molecular formula is C18H14ClN2O4-. The zero-order valence-corrected chi connectivity index (χ0v) is 13.8. The molecule has 1 atom stereocenters. The van der Waals surface area contributed by atoms with Crippen LogP contribution in [0.25, 0.3) is 0 Å². The van der Waals surface area contributed by atoms with Gasteiger partial charge in [0.05, 0.1) is 11.9 Å². The van der Waals surface area contributed by atoms with Crippen LogP contribution in [0.2, 0.25) is 5.02 Å². The lowest BCUT2D eigenvalue weighted by Crippen LogP contribution is -2.28. The normalized spacial score (nSPS) is 16.8. The molecule has 2 aromatic carbocycles. The van der Waals surface area contributed by atoms with Gasteiger partial charge in [-0.15, -0.1) is 0 Å². The molecule has 1 N–H and O–H groups in total. The molecule has 0 bridgehead atoms. The molecule has 128 valence electrons. The summed E-state index contributed by atoms with van der Waals surface area (Å²) in [6.45, 7) is 0.241. The van der Waals surface area contributed by atoms with Gasteiger partial charge in [-0.3, -0.25) is 9.59 Å². The predicted molar refractivity (Wildman–Crippen MR) is 91.3 cm³/mol. The van der Waals surface area contributed by atoms with E-state index in [1.54, 1.807) is 30.3 Å². The molecule has 0 aliphatic carbocycles. The summed E-state index contributed by atoms with van der Waals surface area (Å²) in [4.78, 5) is 37.0. The molecule has 0 radical (unpaired) electrons. The van der Waals surface area contributed by atoms with Gasteiger partial charge in [0.15, 0.2) is 0 Å². The molecule has 1 fully saturated rings. The highest BCUT2D eigenvalue weighted by atomic mass is 35.5. The molecule has 1 saturated heterocycles. The van der Waals surface area contributed by atoms with Crippen LogP contribution in [0, 0.1) is 5.92 Å². The predicted octanol–water partition coefficient (Wildman–Crippen LogP) is 1.70. The number of rotatable bonds is 4. The van der Waals surface area contributed by atoms with E-state index in [2.05, 4.69) is 5.32 Å². The van der Waals surface area contributed by atoms with Crippen LogP contribution in [0.3, 0.4) is 0 Å². The molecule has 1 aliphatic heterocycles. The van der Waals surface area contributed by atoms with Crippen LogP contribution in [0.15, 0.2) is 48.5 Å². The van der Waals surface area contributed by atoms with Crippen LogP contribution in [0.1, 0.15) is 16.8 Å².